The van der Waals surface area contributed by atoms with E-state index in [0.717, 1.165) is 279 Å². The largest absolute Gasteiger partial charge is 0.497 e. The Kier molecular flexibility index (Phi) is 29.8. The molecule has 5 heterocycles. The van der Waals surface area contributed by atoms with Gasteiger partial charge in [-0.05, 0) is 433 Å². The summed E-state index contributed by atoms with van der Waals surface area (Å²) in [5.74, 6) is 13.4. The first-order valence-electron chi connectivity index (χ1n) is 59.7. The van der Waals surface area contributed by atoms with Gasteiger partial charge in [-0.1, -0.05) is 196 Å². The zero-order valence-corrected chi connectivity index (χ0v) is 90.3. The second-order valence-electron chi connectivity index (χ2n) is 54.4. The van der Waals surface area contributed by atoms with Gasteiger partial charge < -0.3 is 29.5 Å². The highest BCUT2D eigenvalue weighted by atomic mass is 16.5. The quantitative estimate of drug-likeness (QED) is 0.0467. The van der Waals surface area contributed by atoms with Gasteiger partial charge in [0.05, 0.1) is 25.2 Å². The van der Waals surface area contributed by atoms with Gasteiger partial charge in [-0.25, -0.2) is 0 Å². The summed E-state index contributed by atoms with van der Waals surface area (Å²) in [6.45, 7) is 23.4. The standard InChI is InChI=1S/C32H42N2O2.C30H37NO.C27H39NO2.C22H30N2O.C22H29NO/c1-36-29-12-10-28(11-13-29)34-17-15-33(16-18-34)14-6-5-9-30(35)32-22-25-19-26(23-32)21-31(20-25,24-32)27-7-3-2-4-8-27;32-28(16-23-11-13-31(14-12-23)21-24-7-3-1-4-8-24)30-19-25-15-26(20-30)18-29(17-25,22-30)27-9-5-2-6-10-27;1-20(2)17-28-10-11-30-24(18-28)8-9-25(29)27-15-21-12-22(16-27)14-26(13-21,19-27)23-6-4-3-5-7-23;1-23-7-9-24(10-8-23)20(25)22-14-17-11-18(15-22)13-21(12-17,16-22)19-5-3-2-4-6-19;24-20(9-16-6-7-23-14-16)22-12-17-8-18(13-22)11-21(10-17,15-22)19-4-2-1-3-5-19/h2-4,7-8,10-13,25-26H,5-6,9,14-24H2,1H3;1-10,23,25-26H,11-22H2;3-7,20-22,24H,8-19H2,1-2H3;2-6,17-18H,7-16H2,1H3;1-5,16-18,23H,6-15H2/t;;;;16-,17?,18?,21?,22?/m....0/s1. The predicted octanol–water partition coefficient (Wildman–Crippen LogP) is 25.1. The molecule has 20 bridgehead atoms. The zero-order chi connectivity index (χ0) is 100. The number of methoxy groups -OCH3 is 1. The Morgan fingerprint density at radius 3 is 1.14 bits per heavy atom. The van der Waals surface area contributed by atoms with Crippen LogP contribution in [0.5, 0.6) is 5.75 Å². The Labute approximate surface area is 882 Å². The van der Waals surface area contributed by atoms with Gasteiger partial charge in [-0.15, -0.1) is 0 Å². The molecule has 147 heavy (non-hydrogen) atoms. The minimum absolute atomic E-state index is 0.0128. The number of anilines is 1. The molecule has 11 unspecified atom stereocenters. The number of amides is 1. The van der Waals surface area contributed by atoms with E-state index in [0.29, 0.717) is 58.6 Å². The Morgan fingerprint density at radius 2 is 0.748 bits per heavy atom. The lowest BCUT2D eigenvalue weighted by Gasteiger charge is -2.62. The molecule has 25 aliphatic rings. The van der Waals surface area contributed by atoms with Crippen molar-refractivity contribution in [3.05, 3.63) is 240 Å². The molecule has 7 aromatic rings. The molecule has 20 aliphatic carbocycles. The van der Waals surface area contributed by atoms with Crippen LogP contribution >= 0.6 is 0 Å². The molecule has 1 N–H and O–H groups in total. The number of likely N-dealkylation sites (N-methyl/N-ethyl adjacent to an activating group) is 1. The molecule has 5 saturated heterocycles. The van der Waals surface area contributed by atoms with E-state index in [4.69, 9.17) is 9.47 Å². The molecule has 7 aromatic carbocycles. The van der Waals surface area contributed by atoms with Gasteiger partial charge in [0.1, 0.15) is 28.9 Å². The smallest absolute Gasteiger partial charge is 0.228 e. The number of ketones is 4. The van der Waals surface area contributed by atoms with Crippen LogP contribution in [0.3, 0.4) is 0 Å². The van der Waals surface area contributed by atoms with E-state index in [9.17, 15) is 24.0 Å². The third-order valence-electron chi connectivity index (χ3n) is 43.4. The van der Waals surface area contributed by atoms with E-state index in [1.807, 2.05) is 12.1 Å². The van der Waals surface area contributed by atoms with Gasteiger partial charge >= 0.3 is 0 Å². The third-order valence-corrected chi connectivity index (χ3v) is 43.4. The van der Waals surface area contributed by atoms with E-state index in [2.05, 4.69) is 250 Å². The summed E-state index contributed by atoms with van der Waals surface area (Å²) in [7, 11) is 3.88. The molecule has 12 atom stereocenters. The Bertz CT molecular complexity index is 5560. The highest BCUT2D eigenvalue weighted by Gasteiger charge is 2.67. The number of nitrogens with zero attached hydrogens (tertiary/aromatic N) is 6. The first-order valence-corrected chi connectivity index (χ1v) is 59.7. The number of piperazine rings is 2. The maximum atomic E-state index is 13.9. The number of ether oxygens (including phenoxy) is 2. The summed E-state index contributed by atoms with van der Waals surface area (Å²) in [4.78, 5) is 83.1. The summed E-state index contributed by atoms with van der Waals surface area (Å²) in [6, 6.07) is 75.0. The van der Waals surface area contributed by atoms with Crippen LogP contribution in [0.1, 0.15) is 304 Å². The van der Waals surface area contributed by atoms with Crippen LogP contribution in [0, 0.1) is 104 Å². The predicted molar refractivity (Wildman–Crippen MR) is 591 cm³/mol. The average Bonchev–Trinajstić information content (AvgIpc) is 0.999. The number of nitrogens with one attached hydrogen (secondary N) is 1. The molecule has 14 heteroatoms. The topological polar surface area (TPSA) is 135 Å². The van der Waals surface area contributed by atoms with E-state index in [-0.39, 0.29) is 54.8 Å². The van der Waals surface area contributed by atoms with Gasteiger partial charge in [0.2, 0.25) is 5.91 Å². The first kappa shape index (κ1) is 102. The molecule has 14 nitrogen and oxygen atoms in total. The highest BCUT2D eigenvalue weighted by molar-refractivity contribution is 5.88. The number of morpholine rings is 1. The third kappa shape index (κ3) is 21.5. The maximum Gasteiger partial charge on any atom is 0.228 e. The minimum atomic E-state index is -0.0597. The Morgan fingerprint density at radius 1 is 0.374 bits per heavy atom. The van der Waals surface area contributed by atoms with Crippen LogP contribution < -0.4 is 15.0 Å². The van der Waals surface area contributed by atoms with Crippen molar-refractivity contribution in [2.75, 3.05) is 130 Å². The molecule has 20 saturated carbocycles. The van der Waals surface area contributed by atoms with Gasteiger partial charge in [0, 0.05) is 132 Å². The SMILES string of the molecule is CC(C)CN1CCOC(CCC(=O)C23CC4CC(C2)CC(c2ccccc2)(C4)C3)C1.CN1CCN(C(=O)C23CC4CC(C2)CC(c2ccccc2)(C4)C3)CC1.COc1ccc(N2CCN(CCCCC(=O)C34CC5CC(C3)CC(c3ccccc3)(C5)C4)CC2)cc1.O=C(CC1CCN(Cc2ccccc2)CC1)C12CC3CC(C1)CC(c1ccccc1)(C3)C2.O=C(C[C@@H]1CCNC1)C12CC3CC(C1)CC(c1ccccc1)(C3)C2. The van der Waals surface area contributed by atoms with Crippen molar-refractivity contribution < 1.29 is 33.4 Å². The summed E-state index contributed by atoms with van der Waals surface area (Å²) >= 11 is 0. The van der Waals surface area contributed by atoms with E-state index in [1.165, 1.54) is 193 Å². The monoisotopic (exact) mass is 1980 g/mol. The van der Waals surface area contributed by atoms with E-state index < -0.39 is 0 Å². The van der Waals surface area contributed by atoms with Crippen molar-refractivity contribution in [2.24, 2.45) is 104 Å². The van der Waals surface area contributed by atoms with E-state index in [1.54, 1.807) is 7.11 Å². The molecular weight excluding hydrogens is 1810 g/mol. The molecule has 786 valence electrons. The minimum Gasteiger partial charge on any atom is -0.497 e. The average molecular weight is 1990 g/mol. The lowest BCUT2D eigenvalue weighted by Crippen LogP contribution is -2.61. The van der Waals surface area contributed by atoms with Crippen LogP contribution in [-0.4, -0.2) is 185 Å². The summed E-state index contributed by atoms with van der Waals surface area (Å²) in [6.07, 6.45) is 47.4. The van der Waals surface area contributed by atoms with Crippen LogP contribution in [0.25, 0.3) is 0 Å². The summed E-state index contributed by atoms with van der Waals surface area (Å²) < 4.78 is 11.3. The first-order chi connectivity index (χ1) is 71.4. The molecule has 32 rings (SSSR count). The van der Waals surface area contributed by atoms with Gasteiger partial charge in [0.25, 0.3) is 0 Å². The van der Waals surface area contributed by atoms with Gasteiger partial charge in [-0.3, -0.25) is 38.7 Å². The van der Waals surface area contributed by atoms with Crippen molar-refractivity contribution in [3.63, 3.8) is 0 Å². The van der Waals surface area contributed by atoms with Crippen molar-refractivity contribution >= 4 is 34.7 Å². The van der Waals surface area contributed by atoms with Gasteiger partial charge in [0.15, 0.2) is 0 Å². The lowest BCUT2D eigenvalue weighted by molar-refractivity contribution is -0.162. The molecule has 0 aromatic heterocycles. The van der Waals surface area contributed by atoms with Crippen LogP contribution in [0.15, 0.2) is 206 Å². The fourth-order valence-corrected chi connectivity index (χ4v) is 39.0. The Balaban J connectivity index is 0.000000102. The number of unbranched alkanes of at least 4 members (excludes halogenated alkanes) is 1. The van der Waals surface area contributed by atoms with Crippen LogP contribution in [0.4, 0.5) is 5.69 Å². The number of Topliss-reactive ketones (excluding diaryl/α,β-unsaturated/α-hetero) is 4. The second kappa shape index (κ2) is 42.8. The zero-order valence-electron chi connectivity index (χ0n) is 90.3. The number of rotatable bonds is 28. The number of hydrogen-bond donors (Lipinski definition) is 1. The molecule has 5 aliphatic heterocycles. The van der Waals surface area contributed by atoms with Crippen molar-refractivity contribution in [3.8, 4) is 5.75 Å². The molecule has 0 spiro atoms. The fraction of sp³-hybridized carbons (Fsp3) is 0.647. The lowest BCUT2D eigenvalue weighted by atomic mass is 9.42. The van der Waals surface area contributed by atoms with Crippen LogP contribution in [-0.2, 0) is 62.3 Å². The van der Waals surface area contributed by atoms with Crippen molar-refractivity contribution in [1.29, 1.82) is 0 Å². The van der Waals surface area contributed by atoms with Crippen molar-refractivity contribution in [1.82, 2.24) is 29.8 Å². The fourth-order valence-electron chi connectivity index (χ4n) is 39.0. The number of hydrogen-bond acceptors (Lipinski definition) is 13. The van der Waals surface area contributed by atoms with Crippen LogP contribution in [0.2, 0.25) is 0 Å². The second-order valence-corrected chi connectivity index (χ2v) is 54.4. The Hall–Kier alpha value is -7.95. The molecular formula is C133H177N7O7. The summed E-state index contributed by atoms with van der Waals surface area (Å²) in [5, 5.41) is 3.43. The normalized spacial score (nSPS) is 37.0. The number of carbonyl (C=O) groups is 5. The number of carbonyl (C=O) groups excluding carboxylic acids is 5. The molecule has 1 amide bonds. The highest BCUT2D eigenvalue weighted by Crippen LogP contribution is 2.72. The number of piperidine rings is 1. The maximum absolute atomic E-state index is 13.9. The van der Waals surface area contributed by atoms with E-state index >= 15 is 0 Å². The summed E-state index contributed by atoms with van der Waals surface area (Å²) in [5.41, 5.74) is 11.5. The molecule has 0 radical (unpaired) electrons. The number of benzene rings is 7. The molecule has 25 fully saturated rings. The van der Waals surface area contributed by atoms with Gasteiger partial charge in [-0.2, -0.15) is 0 Å². The number of likely N-dealkylation sites (tertiary alicyclic amines) is 1. The van der Waals surface area contributed by atoms with Crippen molar-refractivity contribution in [2.45, 2.75) is 310 Å².